The highest BCUT2D eigenvalue weighted by Crippen LogP contribution is 2.11. The van der Waals surface area contributed by atoms with Crippen molar-refractivity contribution >= 4 is 16.6 Å². The van der Waals surface area contributed by atoms with Gasteiger partial charge < -0.3 is 5.73 Å². The normalized spacial score (nSPS) is 10.5. The average molecular weight is 174 g/mol. The zero-order chi connectivity index (χ0) is 9.42. The third-order valence-electron chi connectivity index (χ3n) is 2.19. The summed E-state index contributed by atoms with van der Waals surface area (Å²) in [5, 5.41) is 1.60. The Morgan fingerprint density at radius 2 is 2.00 bits per heavy atom. The molecule has 0 saturated heterocycles. The van der Waals surface area contributed by atoms with E-state index >= 15 is 0 Å². The standard InChI is InChI=1S/C10H10N2O/c1-12-9(11)6-7-4-2-3-5-8(7)10(12)13/h2-6H,11H2,1H3. The first kappa shape index (κ1) is 7.86. The summed E-state index contributed by atoms with van der Waals surface area (Å²) in [6.07, 6.45) is 0. The predicted molar refractivity (Wildman–Crippen MR) is 53.6 cm³/mol. The molecule has 66 valence electrons. The van der Waals surface area contributed by atoms with Gasteiger partial charge in [0.2, 0.25) is 0 Å². The van der Waals surface area contributed by atoms with Crippen LogP contribution in [-0.2, 0) is 7.05 Å². The Bertz CT molecular complexity index is 514. The van der Waals surface area contributed by atoms with Crippen LogP contribution in [0.4, 0.5) is 5.82 Å². The molecule has 0 atom stereocenters. The number of hydrogen-bond donors (Lipinski definition) is 1. The Kier molecular flexibility index (Phi) is 1.59. The number of nitrogens with two attached hydrogens (primary N) is 1. The van der Waals surface area contributed by atoms with Crippen LogP contribution in [0.1, 0.15) is 0 Å². The summed E-state index contributed by atoms with van der Waals surface area (Å²) < 4.78 is 1.45. The maximum atomic E-state index is 11.6. The van der Waals surface area contributed by atoms with Gasteiger partial charge in [0, 0.05) is 12.4 Å². The van der Waals surface area contributed by atoms with Crippen molar-refractivity contribution in [2.75, 3.05) is 5.73 Å². The predicted octanol–water partition coefficient (Wildman–Crippen LogP) is 1.12. The average Bonchev–Trinajstić information content (AvgIpc) is 2.15. The molecule has 3 heteroatoms. The fourth-order valence-electron chi connectivity index (χ4n) is 1.37. The highest BCUT2D eigenvalue weighted by atomic mass is 16.1. The van der Waals surface area contributed by atoms with Gasteiger partial charge in [-0.05, 0) is 17.5 Å². The lowest BCUT2D eigenvalue weighted by molar-refractivity contribution is 0.888. The number of nitrogen functional groups attached to an aromatic ring is 1. The summed E-state index contributed by atoms with van der Waals surface area (Å²) in [5.74, 6) is 0.490. The third kappa shape index (κ3) is 1.09. The van der Waals surface area contributed by atoms with E-state index in [-0.39, 0.29) is 5.56 Å². The van der Waals surface area contributed by atoms with Crippen LogP contribution in [-0.4, -0.2) is 4.57 Å². The summed E-state index contributed by atoms with van der Waals surface area (Å²) in [4.78, 5) is 11.6. The highest BCUT2D eigenvalue weighted by Gasteiger charge is 2.01. The van der Waals surface area contributed by atoms with Crippen LogP contribution in [0.25, 0.3) is 10.8 Å². The number of aromatic nitrogens is 1. The largest absolute Gasteiger partial charge is 0.385 e. The lowest BCUT2D eigenvalue weighted by Crippen LogP contribution is -2.19. The van der Waals surface area contributed by atoms with Crippen molar-refractivity contribution in [3.63, 3.8) is 0 Å². The Labute approximate surface area is 75.4 Å². The number of pyridine rings is 1. The molecule has 3 nitrogen and oxygen atoms in total. The van der Waals surface area contributed by atoms with Gasteiger partial charge in [0.1, 0.15) is 5.82 Å². The molecular formula is C10H10N2O. The van der Waals surface area contributed by atoms with Crippen LogP contribution in [0.5, 0.6) is 0 Å². The van der Waals surface area contributed by atoms with E-state index in [4.69, 9.17) is 5.73 Å². The van der Waals surface area contributed by atoms with Gasteiger partial charge in [0.05, 0.1) is 0 Å². The highest BCUT2D eigenvalue weighted by molar-refractivity contribution is 5.83. The van der Waals surface area contributed by atoms with Crippen LogP contribution in [0, 0.1) is 0 Å². The third-order valence-corrected chi connectivity index (χ3v) is 2.19. The van der Waals surface area contributed by atoms with Crippen LogP contribution < -0.4 is 11.3 Å². The van der Waals surface area contributed by atoms with E-state index in [2.05, 4.69) is 0 Å². The van der Waals surface area contributed by atoms with Crippen molar-refractivity contribution in [3.05, 3.63) is 40.7 Å². The van der Waals surface area contributed by atoms with E-state index in [1.54, 1.807) is 19.2 Å². The van der Waals surface area contributed by atoms with Gasteiger partial charge in [-0.3, -0.25) is 9.36 Å². The molecule has 2 rings (SSSR count). The number of nitrogens with zero attached hydrogens (tertiary/aromatic N) is 1. The van der Waals surface area contributed by atoms with Gasteiger partial charge >= 0.3 is 0 Å². The van der Waals surface area contributed by atoms with E-state index in [9.17, 15) is 4.79 Å². The van der Waals surface area contributed by atoms with Crippen LogP contribution in [0.15, 0.2) is 35.1 Å². The van der Waals surface area contributed by atoms with E-state index in [0.717, 1.165) is 5.39 Å². The molecule has 0 fully saturated rings. The monoisotopic (exact) mass is 174 g/mol. The second-order valence-electron chi connectivity index (χ2n) is 3.02. The first-order valence-electron chi connectivity index (χ1n) is 4.04. The van der Waals surface area contributed by atoms with E-state index in [1.807, 2.05) is 18.2 Å². The van der Waals surface area contributed by atoms with Crippen molar-refractivity contribution < 1.29 is 0 Å². The topological polar surface area (TPSA) is 48.0 Å². The summed E-state index contributed by atoms with van der Waals surface area (Å²) in [6, 6.07) is 9.22. The molecule has 2 N–H and O–H groups in total. The molecule has 0 bridgehead atoms. The molecule has 0 unspecified atom stereocenters. The quantitative estimate of drug-likeness (QED) is 0.650. The van der Waals surface area contributed by atoms with Gasteiger partial charge in [-0.25, -0.2) is 0 Å². The minimum Gasteiger partial charge on any atom is -0.385 e. The number of benzene rings is 1. The molecule has 2 aromatic rings. The molecule has 0 aliphatic rings. The van der Waals surface area contributed by atoms with Crippen molar-refractivity contribution in [2.24, 2.45) is 7.05 Å². The maximum Gasteiger partial charge on any atom is 0.259 e. The SMILES string of the molecule is Cn1c(N)cc2ccccc2c1=O. The summed E-state index contributed by atoms with van der Waals surface area (Å²) >= 11 is 0. The Balaban J connectivity index is 3.03. The zero-order valence-corrected chi connectivity index (χ0v) is 7.32. The molecule has 0 aliphatic heterocycles. The molecule has 0 spiro atoms. The molecular weight excluding hydrogens is 164 g/mol. The zero-order valence-electron chi connectivity index (χ0n) is 7.32. The lowest BCUT2D eigenvalue weighted by Gasteiger charge is -2.04. The second-order valence-corrected chi connectivity index (χ2v) is 3.02. The Morgan fingerprint density at radius 3 is 2.77 bits per heavy atom. The van der Waals surface area contributed by atoms with Crippen molar-refractivity contribution in [2.45, 2.75) is 0 Å². The maximum absolute atomic E-state index is 11.6. The summed E-state index contributed by atoms with van der Waals surface area (Å²) in [7, 11) is 1.67. The van der Waals surface area contributed by atoms with Crippen molar-refractivity contribution in [1.82, 2.24) is 4.57 Å². The fourth-order valence-corrected chi connectivity index (χ4v) is 1.37. The summed E-state index contributed by atoms with van der Waals surface area (Å²) in [5.41, 5.74) is 5.60. The van der Waals surface area contributed by atoms with Gasteiger partial charge in [-0.2, -0.15) is 0 Å². The molecule has 1 heterocycles. The second kappa shape index (κ2) is 2.62. The molecule has 0 amide bonds. The smallest absolute Gasteiger partial charge is 0.259 e. The van der Waals surface area contributed by atoms with Crippen molar-refractivity contribution in [3.8, 4) is 0 Å². The first-order chi connectivity index (χ1) is 6.20. The van der Waals surface area contributed by atoms with Crippen LogP contribution in [0.3, 0.4) is 0 Å². The van der Waals surface area contributed by atoms with Crippen LogP contribution >= 0.6 is 0 Å². The molecule has 0 radical (unpaired) electrons. The number of rotatable bonds is 0. The molecule has 0 saturated carbocycles. The molecule has 0 aliphatic carbocycles. The van der Waals surface area contributed by atoms with Gasteiger partial charge in [-0.1, -0.05) is 18.2 Å². The van der Waals surface area contributed by atoms with Gasteiger partial charge in [-0.15, -0.1) is 0 Å². The number of hydrogen-bond acceptors (Lipinski definition) is 2. The number of fused-ring (bicyclic) bond motifs is 1. The van der Waals surface area contributed by atoms with Crippen molar-refractivity contribution in [1.29, 1.82) is 0 Å². The summed E-state index contributed by atoms with van der Waals surface area (Å²) in [6.45, 7) is 0. The first-order valence-corrected chi connectivity index (χ1v) is 4.04. The fraction of sp³-hybridized carbons (Fsp3) is 0.100. The Hall–Kier alpha value is -1.77. The van der Waals surface area contributed by atoms with E-state index in [0.29, 0.717) is 11.2 Å². The molecule has 1 aromatic carbocycles. The number of anilines is 1. The minimum absolute atomic E-state index is 0.0457. The van der Waals surface area contributed by atoms with E-state index in [1.165, 1.54) is 4.57 Å². The minimum atomic E-state index is -0.0457. The van der Waals surface area contributed by atoms with Crippen LogP contribution in [0.2, 0.25) is 0 Å². The lowest BCUT2D eigenvalue weighted by atomic mass is 10.2. The molecule has 13 heavy (non-hydrogen) atoms. The Morgan fingerprint density at radius 1 is 1.31 bits per heavy atom. The van der Waals surface area contributed by atoms with Gasteiger partial charge in [0.25, 0.3) is 5.56 Å². The van der Waals surface area contributed by atoms with Gasteiger partial charge in [0.15, 0.2) is 0 Å². The molecule has 1 aromatic heterocycles. The van der Waals surface area contributed by atoms with E-state index < -0.39 is 0 Å².